The lowest BCUT2D eigenvalue weighted by Crippen LogP contribution is -2.50. The molecule has 2 heterocycles. The second kappa shape index (κ2) is 9.60. The van der Waals surface area contributed by atoms with Gasteiger partial charge in [0.25, 0.3) is 0 Å². The smallest absolute Gasteiger partial charge is 0.411 e. The Morgan fingerprint density at radius 1 is 1.24 bits per heavy atom. The number of rotatable bonds is 4. The van der Waals surface area contributed by atoms with Crippen LogP contribution in [0.25, 0.3) is 0 Å². The molecule has 2 amide bonds. The molecule has 8 nitrogen and oxygen atoms in total. The second-order valence-corrected chi connectivity index (χ2v) is 9.94. The van der Waals surface area contributed by atoms with Gasteiger partial charge in [0, 0.05) is 31.4 Å². The van der Waals surface area contributed by atoms with Crippen LogP contribution in [0.1, 0.15) is 64.4 Å². The van der Waals surface area contributed by atoms with Crippen LogP contribution in [0, 0.1) is 16.7 Å². The fourth-order valence-corrected chi connectivity index (χ4v) is 5.62. The molecular formula is C25H34N4O4. The molecule has 2 N–H and O–H groups in total. The zero-order valence-electron chi connectivity index (χ0n) is 19.5. The van der Waals surface area contributed by atoms with E-state index in [4.69, 9.17) is 4.74 Å². The number of likely N-dealkylation sites (tertiary alicyclic amines) is 1. The van der Waals surface area contributed by atoms with Gasteiger partial charge < -0.3 is 19.6 Å². The van der Waals surface area contributed by atoms with Crippen LogP contribution >= 0.6 is 0 Å². The molecule has 178 valence electrons. The normalized spacial score (nSPS) is 27.7. The molecule has 1 aromatic carbocycles. The first-order valence-corrected chi connectivity index (χ1v) is 12.1. The van der Waals surface area contributed by atoms with Gasteiger partial charge in [0.1, 0.15) is 6.07 Å². The van der Waals surface area contributed by atoms with Crippen molar-refractivity contribution >= 4 is 23.4 Å². The molecule has 0 aromatic heterocycles. The SMILES string of the molecule is CC(C)OC(=O)Nc1ccc(N2CCCC3(CCN(C4CCC(O)CC4)C3=O)C2)c(C#N)c1. The average molecular weight is 455 g/mol. The van der Waals surface area contributed by atoms with Crippen molar-refractivity contribution in [2.75, 3.05) is 29.9 Å². The molecule has 1 spiro atoms. The summed E-state index contributed by atoms with van der Waals surface area (Å²) in [6.45, 7) is 5.73. The van der Waals surface area contributed by atoms with Gasteiger partial charge in [0.15, 0.2) is 0 Å². The van der Waals surface area contributed by atoms with E-state index in [1.807, 2.05) is 6.07 Å². The van der Waals surface area contributed by atoms with Gasteiger partial charge in [-0.05, 0) is 77.0 Å². The highest BCUT2D eigenvalue weighted by Gasteiger charge is 2.50. The molecule has 1 atom stereocenters. The standard InChI is InChI=1S/C25H34N4O4/c1-17(2)33-24(32)27-19-4-9-22(18(14-19)15-26)28-12-3-10-25(16-28)11-13-29(23(25)31)20-5-7-21(30)8-6-20/h4,9,14,17,20-21,30H,3,5-8,10-13,16H2,1-2H3,(H,27,32). The predicted octanol–water partition coefficient (Wildman–Crippen LogP) is 3.64. The van der Waals surface area contributed by atoms with E-state index in [1.54, 1.807) is 26.0 Å². The Morgan fingerprint density at radius 3 is 2.70 bits per heavy atom. The third-order valence-electron chi connectivity index (χ3n) is 7.28. The van der Waals surface area contributed by atoms with Crippen molar-refractivity contribution in [3.8, 4) is 6.07 Å². The number of hydrogen-bond acceptors (Lipinski definition) is 6. The number of carbonyl (C=O) groups excluding carboxylic acids is 2. The number of carbonyl (C=O) groups is 2. The summed E-state index contributed by atoms with van der Waals surface area (Å²) >= 11 is 0. The van der Waals surface area contributed by atoms with Crippen LogP contribution in [-0.4, -0.2) is 59.9 Å². The zero-order valence-corrected chi connectivity index (χ0v) is 19.5. The minimum atomic E-state index is -0.551. The number of anilines is 2. The number of nitrogens with one attached hydrogen (secondary N) is 1. The van der Waals surface area contributed by atoms with Gasteiger partial charge in [-0.1, -0.05) is 0 Å². The topological polar surface area (TPSA) is 106 Å². The lowest BCUT2D eigenvalue weighted by molar-refractivity contribution is -0.139. The second-order valence-electron chi connectivity index (χ2n) is 9.94. The summed E-state index contributed by atoms with van der Waals surface area (Å²) in [6.07, 6.45) is 4.88. The largest absolute Gasteiger partial charge is 0.447 e. The first kappa shape index (κ1) is 23.4. The summed E-state index contributed by atoms with van der Waals surface area (Å²) < 4.78 is 5.12. The molecule has 3 fully saturated rings. The Hall–Kier alpha value is -2.79. The molecule has 1 aromatic rings. The average Bonchev–Trinajstić information content (AvgIpc) is 3.09. The highest BCUT2D eigenvalue weighted by molar-refractivity contribution is 5.87. The van der Waals surface area contributed by atoms with Crippen molar-refractivity contribution in [3.05, 3.63) is 23.8 Å². The fraction of sp³-hybridized carbons (Fsp3) is 0.640. The monoisotopic (exact) mass is 454 g/mol. The number of hydrogen-bond donors (Lipinski definition) is 2. The molecule has 2 saturated heterocycles. The van der Waals surface area contributed by atoms with Crippen molar-refractivity contribution in [2.24, 2.45) is 5.41 Å². The Balaban J connectivity index is 1.47. The first-order chi connectivity index (χ1) is 15.8. The van der Waals surface area contributed by atoms with Gasteiger partial charge in [-0.15, -0.1) is 0 Å². The number of benzene rings is 1. The number of piperidine rings is 1. The lowest BCUT2D eigenvalue weighted by atomic mass is 9.78. The highest BCUT2D eigenvalue weighted by Crippen LogP contribution is 2.44. The zero-order chi connectivity index (χ0) is 23.6. The number of aliphatic hydroxyl groups is 1. The van der Waals surface area contributed by atoms with Crippen molar-refractivity contribution < 1.29 is 19.4 Å². The van der Waals surface area contributed by atoms with E-state index in [2.05, 4.69) is 21.2 Å². The van der Waals surface area contributed by atoms with Crippen LogP contribution in [0.5, 0.6) is 0 Å². The molecular weight excluding hydrogens is 420 g/mol. The Morgan fingerprint density at radius 2 is 2.00 bits per heavy atom. The van der Waals surface area contributed by atoms with E-state index in [0.717, 1.165) is 63.7 Å². The van der Waals surface area contributed by atoms with Crippen molar-refractivity contribution in [2.45, 2.75) is 77.0 Å². The van der Waals surface area contributed by atoms with Gasteiger partial charge in [-0.3, -0.25) is 10.1 Å². The molecule has 0 radical (unpaired) electrons. The fourth-order valence-electron chi connectivity index (χ4n) is 5.62. The van der Waals surface area contributed by atoms with E-state index in [-0.39, 0.29) is 24.2 Å². The van der Waals surface area contributed by atoms with E-state index in [9.17, 15) is 20.0 Å². The number of amides is 2. The Kier molecular flexibility index (Phi) is 6.80. The van der Waals surface area contributed by atoms with Crippen LogP contribution < -0.4 is 10.2 Å². The van der Waals surface area contributed by atoms with Crippen molar-refractivity contribution in [3.63, 3.8) is 0 Å². The Bertz CT molecular complexity index is 935. The summed E-state index contributed by atoms with van der Waals surface area (Å²) in [5.41, 5.74) is 1.37. The number of nitriles is 1. The summed E-state index contributed by atoms with van der Waals surface area (Å²) in [4.78, 5) is 29.7. The Labute approximate surface area is 195 Å². The maximum Gasteiger partial charge on any atom is 0.411 e. The molecule has 8 heteroatoms. The van der Waals surface area contributed by atoms with Gasteiger partial charge in [0.2, 0.25) is 5.91 Å². The van der Waals surface area contributed by atoms with E-state index in [0.29, 0.717) is 17.8 Å². The maximum atomic E-state index is 13.6. The van der Waals surface area contributed by atoms with E-state index in [1.165, 1.54) is 0 Å². The van der Waals surface area contributed by atoms with Gasteiger partial charge in [-0.2, -0.15) is 5.26 Å². The molecule has 3 aliphatic rings. The predicted molar refractivity (Wildman–Crippen MR) is 125 cm³/mol. The van der Waals surface area contributed by atoms with Crippen LogP contribution in [0.2, 0.25) is 0 Å². The molecule has 1 unspecified atom stereocenters. The van der Waals surface area contributed by atoms with Crippen LogP contribution in [-0.2, 0) is 9.53 Å². The minimum Gasteiger partial charge on any atom is -0.447 e. The number of aliphatic hydroxyl groups excluding tert-OH is 1. The molecule has 0 bridgehead atoms. The van der Waals surface area contributed by atoms with Crippen LogP contribution in [0.4, 0.5) is 16.2 Å². The quantitative estimate of drug-likeness (QED) is 0.720. The maximum absolute atomic E-state index is 13.6. The molecule has 1 aliphatic carbocycles. The molecule has 4 rings (SSSR count). The van der Waals surface area contributed by atoms with Gasteiger partial charge in [0.05, 0.1) is 28.9 Å². The minimum absolute atomic E-state index is 0.229. The summed E-state index contributed by atoms with van der Waals surface area (Å²) in [5.74, 6) is 0.238. The van der Waals surface area contributed by atoms with E-state index < -0.39 is 11.5 Å². The molecule has 2 aliphatic heterocycles. The summed E-state index contributed by atoms with van der Waals surface area (Å²) in [7, 11) is 0. The molecule has 33 heavy (non-hydrogen) atoms. The lowest BCUT2D eigenvalue weighted by Gasteiger charge is -2.41. The highest BCUT2D eigenvalue weighted by atomic mass is 16.6. The third kappa shape index (κ3) is 4.93. The van der Waals surface area contributed by atoms with Crippen molar-refractivity contribution in [1.82, 2.24) is 4.90 Å². The number of ether oxygens (including phenoxy) is 1. The summed E-state index contributed by atoms with van der Waals surface area (Å²) in [5, 5.41) is 22.3. The van der Waals surface area contributed by atoms with E-state index >= 15 is 0 Å². The number of nitrogens with zero attached hydrogens (tertiary/aromatic N) is 3. The molecule has 1 saturated carbocycles. The van der Waals surface area contributed by atoms with Gasteiger partial charge in [-0.25, -0.2) is 4.79 Å². The van der Waals surface area contributed by atoms with Gasteiger partial charge >= 0.3 is 6.09 Å². The first-order valence-electron chi connectivity index (χ1n) is 12.1. The van der Waals surface area contributed by atoms with Crippen LogP contribution in [0.15, 0.2) is 18.2 Å². The third-order valence-corrected chi connectivity index (χ3v) is 7.28. The summed E-state index contributed by atoms with van der Waals surface area (Å²) in [6, 6.07) is 7.77. The van der Waals surface area contributed by atoms with Crippen molar-refractivity contribution in [1.29, 1.82) is 5.26 Å². The van der Waals surface area contributed by atoms with Crippen LogP contribution in [0.3, 0.4) is 0 Å².